The van der Waals surface area contributed by atoms with Gasteiger partial charge >= 0.3 is 0 Å². The fraction of sp³-hybridized carbons (Fsp3) is 0.261. The third-order valence-corrected chi connectivity index (χ3v) is 10.6. The first kappa shape index (κ1) is 31.8. The third-order valence-electron chi connectivity index (χ3n) is 10.6. The lowest BCUT2D eigenvalue weighted by atomic mass is 9.64. The lowest BCUT2D eigenvalue weighted by Crippen LogP contribution is -2.35. The monoisotopic (exact) mass is 628 g/mol. The predicted octanol–water partition coefficient (Wildman–Crippen LogP) is 12.7. The van der Waals surface area contributed by atoms with Gasteiger partial charge in [-0.1, -0.05) is 120 Å². The molecule has 2 nitrogen and oxygen atoms in total. The van der Waals surface area contributed by atoms with Crippen molar-refractivity contribution in [1.29, 1.82) is 0 Å². The SMILES string of the molecule is Cc1ccc(N(c2ccc(C)cc2)c2ccc(C3(C4=CCC(N(c5ccc(C)cc5)c5ccc(C)cc5)C=C4)CCCCC3)cc2)cc1. The van der Waals surface area contributed by atoms with E-state index in [9.17, 15) is 0 Å². The van der Waals surface area contributed by atoms with Crippen molar-refractivity contribution in [3.63, 3.8) is 0 Å². The first-order valence-corrected chi connectivity index (χ1v) is 17.8. The van der Waals surface area contributed by atoms with Crippen molar-refractivity contribution in [2.75, 3.05) is 9.80 Å². The van der Waals surface area contributed by atoms with Crippen LogP contribution in [0.5, 0.6) is 0 Å². The zero-order chi connectivity index (χ0) is 33.1. The molecule has 1 fully saturated rings. The first-order valence-electron chi connectivity index (χ1n) is 17.8. The number of rotatable bonds is 8. The lowest BCUT2D eigenvalue weighted by molar-refractivity contribution is 0.343. The van der Waals surface area contributed by atoms with Crippen LogP contribution in [0.4, 0.5) is 28.4 Å². The molecule has 242 valence electrons. The quantitative estimate of drug-likeness (QED) is 0.169. The van der Waals surface area contributed by atoms with Crippen molar-refractivity contribution >= 4 is 28.4 Å². The number of anilines is 5. The molecule has 0 bridgehead atoms. The summed E-state index contributed by atoms with van der Waals surface area (Å²) in [5, 5.41) is 0. The van der Waals surface area contributed by atoms with Gasteiger partial charge in [0.1, 0.15) is 0 Å². The number of allylic oxidation sites excluding steroid dienone is 2. The Morgan fingerprint density at radius 3 is 1.27 bits per heavy atom. The Kier molecular flexibility index (Phi) is 9.08. The molecule has 0 amide bonds. The highest BCUT2D eigenvalue weighted by molar-refractivity contribution is 5.77. The molecule has 5 aromatic carbocycles. The molecule has 0 aliphatic heterocycles. The predicted molar refractivity (Wildman–Crippen MR) is 205 cm³/mol. The zero-order valence-electron chi connectivity index (χ0n) is 29.0. The molecule has 0 saturated heterocycles. The highest BCUT2D eigenvalue weighted by atomic mass is 15.2. The Balaban J connectivity index is 1.20. The summed E-state index contributed by atoms with van der Waals surface area (Å²) >= 11 is 0. The fourth-order valence-electron chi connectivity index (χ4n) is 7.76. The molecule has 1 atom stereocenters. The highest BCUT2D eigenvalue weighted by Gasteiger charge is 2.38. The maximum Gasteiger partial charge on any atom is 0.0560 e. The van der Waals surface area contributed by atoms with Crippen molar-refractivity contribution in [2.45, 2.75) is 77.7 Å². The third kappa shape index (κ3) is 6.49. The molecule has 1 unspecified atom stereocenters. The summed E-state index contributed by atoms with van der Waals surface area (Å²) < 4.78 is 0. The van der Waals surface area contributed by atoms with Gasteiger partial charge in [-0.25, -0.2) is 0 Å². The van der Waals surface area contributed by atoms with E-state index in [0.717, 1.165) is 6.42 Å². The Hall–Kier alpha value is -4.82. The smallest absolute Gasteiger partial charge is 0.0560 e. The Bertz CT molecular complexity index is 1780. The molecule has 1 saturated carbocycles. The standard InChI is InChI=1S/C46H48N2/c1-34-8-20-40(21-9-34)47(41-22-10-35(2)11-23-41)44-28-16-38(17-29-44)46(32-6-5-7-33-46)39-18-30-45(31-19-39)48(42-24-12-36(3)13-25-42)43-26-14-37(4)15-27-43/h8-30,45H,5-7,31-33H2,1-4H3. The molecule has 0 aromatic heterocycles. The fourth-order valence-corrected chi connectivity index (χ4v) is 7.76. The molecular formula is C46H48N2. The minimum Gasteiger partial charge on any atom is -0.334 e. The van der Waals surface area contributed by atoms with E-state index in [4.69, 9.17) is 0 Å². The summed E-state index contributed by atoms with van der Waals surface area (Å²) in [6, 6.07) is 45.5. The molecular weight excluding hydrogens is 581 g/mol. The van der Waals surface area contributed by atoms with Crippen molar-refractivity contribution in [2.24, 2.45) is 0 Å². The van der Waals surface area contributed by atoms with Gasteiger partial charge in [0, 0.05) is 33.9 Å². The summed E-state index contributed by atoms with van der Waals surface area (Å²) in [6.45, 7) is 8.62. The zero-order valence-corrected chi connectivity index (χ0v) is 29.0. The minimum absolute atomic E-state index is 0.0509. The maximum absolute atomic E-state index is 2.56. The van der Waals surface area contributed by atoms with Crippen molar-refractivity contribution in [1.82, 2.24) is 0 Å². The molecule has 2 heteroatoms. The highest BCUT2D eigenvalue weighted by Crippen LogP contribution is 2.48. The number of hydrogen-bond donors (Lipinski definition) is 0. The van der Waals surface area contributed by atoms with Crippen LogP contribution >= 0.6 is 0 Å². The molecule has 7 rings (SSSR count). The van der Waals surface area contributed by atoms with Gasteiger partial charge in [0.15, 0.2) is 0 Å². The molecule has 0 heterocycles. The van der Waals surface area contributed by atoms with Gasteiger partial charge in [-0.05, 0) is 119 Å². The second kappa shape index (κ2) is 13.7. The van der Waals surface area contributed by atoms with Gasteiger partial charge in [-0.15, -0.1) is 0 Å². The molecule has 2 aliphatic carbocycles. The van der Waals surface area contributed by atoms with E-state index in [1.165, 1.54) is 93.9 Å². The van der Waals surface area contributed by atoms with E-state index in [1.807, 2.05) is 0 Å². The van der Waals surface area contributed by atoms with Crippen LogP contribution in [0, 0.1) is 27.7 Å². The Labute approximate surface area is 288 Å². The van der Waals surface area contributed by atoms with Crippen LogP contribution in [0.25, 0.3) is 0 Å². The Morgan fingerprint density at radius 1 is 0.479 bits per heavy atom. The Morgan fingerprint density at radius 2 is 0.875 bits per heavy atom. The van der Waals surface area contributed by atoms with E-state index in [2.05, 4.69) is 177 Å². The summed E-state index contributed by atoms with van der Waals surface area (Å²) in [6.07, 6.45) is 14.7. The molecule has 5 aromatic rings. The van der Waals surface area contributed by atoms with E-state index < -0.39 is 0 Å². The summed E-state index contributed by atoms with van der Waals surface area (Å²) in [5.74, 6) is 0. The normalized spacial score (nSPS) is 17.1. The van der Waals surface area contributed by atoms with E-state index >= 15 is 0 Å². The summed E-state index contributed by atoms with van der Waals surface area (Å²) in [7, 11) is 0. The number of aryl methyl sites for hydroxylation is 4. The average Bonchev–Trinajstić information content (AvgIpc) is 3.13. The number of nitrogens with zero attached hydrogens (tertiary/aromatic N) is 2. The summed E-state index contributed by atoms with van der Waals surface area (Å²) in [4.78, 5) is 4.89. The molecule has 0 spiro atoms. The largest absolute Gasteiger partial charge is 0.334 e. The maximum atomic E-state index is 2.56. The molecule has 2 aliphatic rings. The summed E-state index contributed by atoms with van der Waals surface area (Å²) in [5.41, 5.74) is 14.1. The topological polar surface area (TPSA) is 6.48 Å². The van der Waals surface area contributed by atoms with Crippen molar-refractivity contribution < 1.29 is 0 Å². The average molecular weight is 629 g/mol. The van der Waals surface area contributed by atoms with Gasteiger partial charge in [-0.2, -0.15) is 0 Å². The van der Waals surface area contributed by atoms with Crippen LogP contribution in [-0.2, 0) is 5.41 Å². The van der Waals surface area contributed by atoms with Crippen LogP contribution in [0.15, 0.2) is 145 Å². The van der Waals surface area contributed by atoms with Crippen LogP contribution in [-0.4, -0.2) is 6.04 Å². The molecule has 0 N–H and O–H groups in total. The van der Waals surface area contributed by atoms with Gasteiger partial charge < -0.3 is 9.80 Å². The van der Waals surface area contributed by atoms with Crippen molar-refractivity contribution in [3.05, 3.63) is 173 Å². The van der Waals surface area contributed by atoms with E-state index in [1.54, 1.807) is 0 Å². The van der Waals surface area contributed by atoms with Crippen LogP contribution in [0.3, 0.4) is 0 Å². The minimum atomic E-state index is 0.0509. The lowest BCUT2D eigenvalue weighted by Gasteiger charge is -2.42. The second-order valence-corrected chi connectivity index (χ2v) is 14.1. The molecule has 0 radical (unpaired) electrons. The first-order chi connectivity index (χ1) is 23.4. The van der Waals surface area contributed by atoms with Crippen molar-refractivity contribution in [3.8, 4) is 0 Å². The molecule has 48 heavy (non-hydrogen) atoms. The van der Waals surface area contributed by atoms with Crippen LogP contribution in [0.1, 0.15) is 66.3 Å². The van der Waals surface area contributed by atoms with Gasteiger partial charge in [0.2, 0.25) is 0 Å². The van der Waals surface area contributed by atoms with Gasteiger partial charge in [0.25, 0.3) is 0 Å². The van der Waals surface area contributed by atoms with Crippen LogP contribution in [0.2, 0.25) is 0 Å². The number of hydrogen-bond acceptors (Lipinski definition) is 2. The van der Waals surface area contributed by atoms with E-state index in [0.29, 0.717) is 0 Å². The number of benzene rings is 5. The second-order valence-electron chi connectivity index (χ2n) is 14.1. The van der Waals surface area contributed by atoms with Gasteiger partial charge in [-0.3, -0.25) is 0 Å². The van der Waals surface area contributed by atoms with Crippen LogP contribution < -0.4 is 9.80 Å². The van der Waals surface area contributed by atoms with Gasteiger partial charge in [0.05, 0.1) is 6.04 Å². The van der Waals surface area contributed by atoms with E-state index in [-0.39, 0.29) is 11.5 Å².